The number of carbonyl (C=O) groups is 2. The first-order chi connectivity index (χ1) is 13.4. The predicted molar refractivity (Wildman–Crippen MR) is 101 cm³/mol. The van der Waals surface area contributed by atoms with Crippen LogP contribution in [0.5, 0.6) is 5.75 Å². The van der Waals surface area contributed by atoms with Crippen molar-refractivity contribution in [1.29, 1.82) is 0 Å². The Hall–Kier alpha value is -2.95. The van der Waals surface area contributed by atoms with E-state index in [-0.39, 0.29) is 30.1 Å². The molecule has 0 fully saturated rings. The minimum absolute atomic E-state index is 0.00307. The lowest BCUT2D eigenvalue weighted by Crippen LogP contribution is -2.53. The fourth-order valence-corrected chi connectivity index (χ4v) is 3.18. The minimum Gasteiger partial charge on any atom is -0.534 e. The molecular formula is C18H21BN4O5. The molecule has 3 rings (SSSR count). The molecule has 0 spiro atoms. The van der Waals surface area contributed by atoms with Crippen molar-refractivity contribution in [1.82, 2.24) is 10.3 Å². The summed E-state index contributed by atoms with van der Waals surface area (Å²) in [6.07, 6.45) is 1.85. The van der Waals surface area contributed by atoms with Gasteiger partial charge in [0, 0.05) is 25.0 Å². The third-order valence-corrected chi connectivity index (χ3v) is 4.62. The Morgan fingerprint density at radius 3 is 2.71 bits per heavy atom. The summed E-state index contributed by atoms with van der Waals surface area (Å²) in [6.45, 7) is 0.608. The van der Waals surface area contributed by atoms with E-state index < -0.39 is 19.0 Å². The van der Waals surface area contributed by atoms with Crippen LogP contribution in [0.1, 0.15) is 32.7 Å². The number of carboxylic acids is 1. The van der Waals surface area contributed by atoms with Gasteiger partial charge in [0.15, 0.2) is 0 Å². The largest absolute Gasteiger partial charge is 0.547 e. The Labute approximate surface area is 161 Å². The van der Waals surface area contributed by atoms with Gasteiger partial charge in [0.2, 0.25) is 5.91 Å². The number of para-hydroxylation sites is 1. The average Bonchev–Trinajstić information content (AvgIpc) is 2.67. The van der Waals surface area contributed by atoms with Crippen molar-refractivity contribution < 1.29 is 24.4 Å². The molecule has 2 aromatic rings. The summed E-state index contributed by atoms with van der Waals surface area (Å²) < 4.78 is 5.37. The highest BCUT2D eigenvalue weighted by molar-refractivity contribution is 6.47. The average molecular weight is 384 g/mol. The Morgan fingerprint density at radius 2 is 2.04 bits per heavy atom. The Kier molecular flexibility index (Phi) is 5.93. The highest BCUT2D eigenvalue weighted by Crippen LogP contribution is 2.30. The molecule has 2 heterocycles. The first-order valence-electron chi connectivity index (χ1n) is 8.79. The maximum atomic E-state index is 12.4. The number of aromatic carboxylic acids is 1. The van der Waals surface area contributed by atoms with Gasteiger partial charge in [-0.25, -0.2) is 4.79 Å². The van der Waals surface area contributed by atoms with E-state index in [2.05, 4.69) is 10.3 Å². The van der Waals surface area contributed by atoms with Crippen LogP contribution in [-0.4, -0.2) is 40.1 Å². The molecule has 7 N–H and O–H groups in total. The standard InChI is InChI=1S/C18H21BN4O5/c20-7-11-4-13(22-9-12(11)8-21)6-16(24)23-15-5-10-2-1-3-14(18(25)26)17(10)28-19(15)27/h1-4,9,15,27H,5-8,20-21H2,(H,23,24)(H,25,26). The number of carboxylic acid groups (broad SMARTS) is 1. The molecule has 1 aliphatic heterocycles. The molecule has 0 bridgehead atoms. The number of pyridine rings is 1. The van der Waals surface area contributed by atoms with Crippen molar-refractivity contribution in [2.75, 3.05) is 0 Å². The number of aromatic nitrogens is 1. The molecular weight excluding hydrogens is 363 g/mol. The number of nitrogens with zero attached hydrogens (tertiary/aromatic N) is 1. The highest BCUT2D eigenvalue weighted by Gasteiger charge is 2.37. The van der Waals surface area contributed by atoms with Crippen LogP contribution in [0, 0.1) is 0 Å². The van der Waals surface area contributed by atoms with Crippen molar-refractivity contribution in [3.63, 3.8) is 0 Å². The van der Waals surface area contributed by atoms with Crippen LogP contribution in [0.4, 0.5) is 0 Å². The maximum Gasteiger partial charge on any atom is 0.547 e. The number of nitrogens with two attached hydrogens (primary N) is 2. The van der Waals surface area contributed by atoms with E-state index in [1.54, 1.807) is 24.4 Å². The molecule has 1 atom stereocenters. The van der Waals surface area contributed by atoms with Crippen LogP contribution in [0.2, 0.25) is 0 Å². The van der Waals surface area contributed by atoms with Crippen LogP contribution >= 0.6 is 0 Å². The molecule has 10 heteroatoms. The predicted octanol–water partition coefficient (Wildman–Crippen LogP) is -0.621. The second-order valence-corrected chi connectivity index (χ2v) is 6.51. The van der Waals surface area contributed by atoms with Gasteiger partial charge >= 0.3 is 13.1 Å². The molecule has 1 aromatic heterocycles. The number of hydrogen-bond acceptors (Lipinski definition) is 7. The second-order valence-electron chi connectivity index (χ2n) is 6.51. The van der Waals surface area contributed by atoms with Gasteiger partial charge < -0.3 is 31.6 Å². The smallest absolute Gasteiger partial charge is 0.534 e. The second kappa shape index (κ2) is 8.38. The summed E-state index contributed by atoms with van der Waals surface area (Å²) in [6, 6.07) is 6.44. The van der Waals surface area contributed by atoms with E-state index in [0.717, 1.165) is 11.1 Å². The van der Waals surface area contributed by atoms with Crippen molar-refractivity contribution in [2.45, 2.75) is 31.9 Å². The molecule has 0 saturated heterocycles. The van der Waals surface area contributed by atoms with Gasteiger partial charge in [0.1, 0.15) is 5.75 Å². The molecule has 0 aliphatic carbocycles. The lowest BCUT2D eigenvalue weighted by Gasteiger charge is -2.28. The number of amides is 1. The zero-order chi connectivity index (χ0) is 20.3. The number of nitrogens with one attached hydrogen (secondary N) is 1. The fraction of sp³-hybridized carbons (Fsp3) is 0.278. The Balaban J connectivity index is 1.70. The lowest BCUT2D eigenvalue weighted by molar-refractivity contribution is -0.120. The molecule has 0 saturated carbocycles. The van der Waals surface area contributed by atoms with Crippen molar-refractivity contribution >= 4 is 19.0 Å². The highest BCUT2D eigenvalue weighted by atomic mass is 16.5. The van der Waals surface area contributed by atoms with Crippen molar-refractivity contribution in [3.05, 3.63) is 58.4 Å². The van der Waals surface area contributed by atoms with Crippen LogP contribution in [-0.2, 0) is 30.7 Å². The summed E-state index contributed by atoms with van der Waals surface area (Å²) in [4.78, 5) is 27.9. The first kappa shape index (κ1) is 19.8. The molecule has 1 aromatic carbocycles. The summed E-state index contributed by atoms with van der Waals surface area (Å²) in [7, 11) is -1.36. The summed E-state index contributed by atoms with van der Waals surface area (Å²) in [5.41, 5.74) is 14.1. The van der Waals surface area contributed by atoms with E-state index >= 15 is 0 Å². The SMILES string of the molecule is NCc1cnc(CC(=O)NC2Cc3cccc(C(=O)O)c3OB2O)cc1CN. The fourth-order valence-electron chi connectivity index (χ4n) is 3.18. The number of hydrogen-bond donors (Lipinski definition) is 5. The molecule has 146 valence electrons. The molecule has 0 radical (unpaired) electrons. The van der Waals surface area contributed by atoms with E-state index in [0.29, 0.717) is 24.3 Å². The third-order valence-electron chi connectivity index (χ3n) is 4.62. The van der Waals surface area contributed by atoms with E-state index in [1.807, 2.05) is 0 Å². The van der Waals surface area contributed by atoms with Crippen LogP contribution in [0.25, 0.3) is 0 Å². The zero-order valence-corrected chi connectivity index (χ0v) is 15.1. The van der Waals surface area contributed by atoms with Crippen molar-refractivity contribution in [3.8, 4) is 5.75 Å². The topological polar surface area (TPSA) is 161 Å². The van der Waals surface area contributed by atoms with Gasteiger partial charge in [-0.1, -0.05) is 12.1 Å². The van der Waals surface area contributed by atoms with Gasteiger partial charge in [-0.15, -0.1) is 0 Å². The Bertz CT molecular complexity index is 908. The summed E-state index contributed by atoms with van der Waals surface area (Å²) in [5, 5.41) is 22.2. The molecule has 28 heavy (non-hydrogen) atoms. The molecule has 9 nitrogen and oxygen atoms in total. The van der Waals surface area contributed by atoms with Gasteiger partial charge in [-0.3, -0.25) is 9.78 Å². The van der Waals surface area contributed by atoms with Gasteiger partial charge in [0.05, 0.1) is 17.9 Å². The summed E-state index contributed by atoms with van der Waals surface area (Å²) in [5.74, 6) is -2.07. The van der Waals surface area contributed by atoms with Crippen LogP contribution in [0.15, 0.2) is 30.5 Å². The normalized spacial score (nSPS) is 15.5. The van der Waals surface area contributed by atoms with E-state index in [9.17, 15) is 19.7 Å². The third kappa shape index (κ3) is 4.14. The number of rotatable bonds is 6. The van der Waals surface area contributed by atoms with Gasteiger partial charge in [0.25, 0.3) is 0 Å². The number of fused-ring (bicyclic) bond motifs is 1. The quantitative estimate of drug-likeness (QED) is 0.412. The van der Waals surface area contributed by atoms with Crippen LogP contribution < -0.4 is 21.4 Å². The van der Waals surface area contributed by atoms with E-state index in [4.69, 9.17) is 16.1 Å². The first-order valence-corrected chi connectivity index (χ1v) is 8.79. The maximum absolute atomic E-state index is 12.4. The molecule has 1 aliphatic rings. The monoisotopic (exact) mass is 384 g/mol. The lowest BCUT2D eigenvalue weighted by atomic mass is 9.72. The number of benzene rings is 1. The summed E-state index contributed by atoms with van der Waals surface area (Å²) >= 11 is 0. The van der Waals surface area contributed by atoms with Gasteiger partial charge in [-0.05, 0) is 35.2 Å². The molecule has 1 amide bonds. The zero-order valence-electron chi connectivity index (χ0n) is 15.1. The van der Waals surface area contributed by atoms with Crippen LogP contribution in [0.3, 0.4) is 0 Å². The van der Waals surface area contributed by atoms with Gasteiger partial charge in [-0.2, -0.15) is 0 Å². The van der Waals surface area contributed by atoms with Crippen molar-refractivity contribution in [2.24, 2.45) is 11.5 Å². The Morgan fingerprint density at radius 1 is 1.29 bits per heavy atom. The molecule has 1 unspecified atom stereocenters. The number of carbonyl (C=O) groups excluding carboxylic acids is 1. The minimum atomic E-state index is -1.36. The van der Waals surface area contributed by atoms with E-state index in [1.165, 1.54) is 6.07 Å².